The normalized spacial score (nSPS) is 14.7. The van der Waals surface area contributed by atoms with Gasteiger partial charge in [0, 0.05) is 17.3 Å². The zero-order valence-electron chi connectivity index (χ0n) is 16.1. The summed E-state index contributed by atoms with van der Waals surface area (Å²) in [5, 5.41) is 10.5. The van der Waals surface area contributed by atoms with Gasteiger partial charge in [-0.2, -0.15) is 23.2 Å². The van der Waals surface area contributed by atoms with Crippen molar-refractivity contribution in [2.24, 2.45) is 0 Å². The van der Waals surface area contributed by atoms with Gasteiger partial charge in [-0.1, -0.05) is 17.7 Å². The molecule has 164 valence electrons. The molecule has 0 saturated carbocycles. The Hall–Kier alpha value is -3.27. The second kappa shape index (κ2) is 7.70. The smallest absolute Gasteiger partial charge is 0.290 e. The maximum absolute atomic E-state index is 12.7. The van der Waals surface area contributed by atoms with Crippen LogP contribution < -0.4 is 4.72 Å². The van der Waals surface area contributed by atoms with Crippen LogP contribution in [0.4, 0.5) is 13.2 Å². The zero-order chi connectivity index (χ0) is 23.3. The first-order valence-electron chi connectivity index (χ1n) is 8.93. The molecule has 0 fully saturated rings. The van der Waals surface area contributed by atoms with Crippen molar-refractivity contribution in [2.75, 3.05) is 0 Å². The number of allylic oxidation sites excluding steroid dienone is 4. The van der Waals surface area contributed by atoms with Crippen molar-refractivity contribution in [1.82, 2.24) is 24.2 Å². The second-order valence-electron chi connectivity index (χ2n) is 6.77. The number of sulfonamides is 1. The number of halogens is 4. The molecule has 3 aromatic heterocycles. The maximum atomic E-state index is 12.7. The summed E-state index contributed by atoms with van der Waals surface area (Å²) >= 11 is 6.03. The number of nitrogens with one attached hydrogen (secondary N) is 1. The first kappa shape index (κ1) is 21.9. The fraction of sp³-hybridized carbons (Fsp3) is 0.158. The van der Waals surface area contributed by atoms with Crippen molar-refractivity contribution in [2.45, 2.75) is 24.0 Å². The Morgan fingerprint density at radius 1 is 1.22 bits per heavy atom. The number of nitrogens with zero attached hydrogens (tertiary/aromatic N) is 5. The molecule has 4 rings (SSSR count). The molecule has 0 aliphatic heterocycles. The van der Waals surface area contributed by atoms with E-state index >= 15 is 0 Å². The second-order valence-corrected chi connectivity index (χ2v) is 8.92. The van der Waals surface area contributed by atoms with Crippen LogP contribution in [-0.2, 0) is 10.0 Å². The van der Waals surface area contributed by atoms with E-state index in [0.717, 1.165) is 12.4 Å². The van der Waals surface area contributed by atoms with Crippen molar-refractivity contribution in [3.05, 3.63) is 53.5 Å². The molecule has 32 heavy (non-hydrogen) atoms. The number of hydrogen-bond donors (Lipinski definition) is 1. The number of hydrogen-bond acceptors (Lipinski definition) is 6. The summed E-state index contributed by atoms with van der Waals surface area (Å²) in [7, 11) is -4.53. The molecule has 0 amide bonds. The van der Waals surface area contributed by atoms with Gasteiger partial charge in [-0.25, -0.2) is 23.4 Å². The van der Waals surface area contributed by atoms with E-state index in [4.69, 9.17) is 11.6 Å². The highest BCUT2D eigenvalue weighted by molar-refractivity contribution is 7.89. The van der Waals surface area contributed by atoms with Crippen molar-refractivity contribution < 1.29 is 21.6 Å². The SMILES string of the molecule is C[C@H](NS(=O)(=O)c1cnc(-c2c(C#N)c3cc(Cl)cnc3n2C2=CC=C2)nc1)C(F)(F)F. The third-order valence-electron chi connectivity index (χ3n) is 4.65. The number of nitriles is 1. The minimum atomic E-state index is -4.76. The van der Waals surface area contributed by atoms with Gasteiger partial charge in [0.05, 0.1) is 23.0 Å². The predicted molar refractivity (Wildman–Crippen MR) is 110 cm³/mol. The molecule has 1 aliphatic rings. The van der Waals surface area contributed by atoms with Gasteiger partial charge in [0.25, 0.3) is 0 Å². The minimum absolute atomic E-state index is 0.0142. The molecule has 0 spiro atoms. The molecule has 0 bridgehead atoms. The Morgan fingerprint density at radius 3 is 2.41 bits per heavy atom. The Balaban J connectivity index is 1.82. The molecule has 0 saturated heterocycles. The van der Waals surface area contributed by atoms with Crippen LogP contribution in [0.2, 0.25) is 5.02 Å². The fourth-order valence-electron chi connectivity index (χ4n) is 2.99. The summed E-state index contributed by atoms with van der Waals surface area (Å²) in [5.41, 5.74) is 1.50. The van der Waals surface area contributed by atoms with Gasteiger partial charge in [0.15, 0.2) is 5.82 Å². The van der Waals surface area contributed by atoms with Crippen molar-refractivity contribution in [3.63, 3.8) is 0 Å². The number of alkyl halides is 3. The zero-order valence-corrected chi connectivity index (χ0v) is 17.7. The molecule has 0 radical (unpaired) electrons. The first-order chi connectivity index (χ1) is 15.0. The highest BCUT2D eigenvalue weighted by Gasteiger charge is 2.39. The van der Waals surface area contributed by atoms with E-state index in [-0.39, 0.29) is 17.1 Å². The van der Waals surface area contributed by atoms with E-state index in [9.17, 15) is 26.9 Å². The number of pyridine rings is 1. The third kappa shape index (κ3) is 3.75. The van der Waals surface area contributed by atoms with E-state index in [1.54, 1.807) is 28.9 Å². The maximum Gasteiger partial charge on any atom is 0.404 e. The van der Waals surface area contributed by atoms with Gasteiger partial charge in [-0.05, 0) is 25.1 Å². The van der Waals surface area contributed by atoms with Crippen molar-refractivity contribution in [3.8, 4) is 17.6 Å². The standard InChI is InChI=1S/C19H12ClF3N6O2S/c1-10(19(21,22)23)28-32(30,31)13-8-25-17(26-9-13)16-15(6-24)14-5-11(20)7-27-18(14)29(16)12-3-2-4-12/h2-5,7-10,28H,1H3/t10-/m0/s1. The molecule has 1 aliphatic carbocycles. The Kier molecular flexibility index (Phi) is 5.28. The van der Waals surface area contributed by atoms with Crippen LogP contribution in [-0.4, -0.2) is 40.2 Å². The Morgan fingerprint density at radius 2 is 1.88 bits per heavy atom. The molecule has 3 heterocycles. The van der Waals surface area contributed by atoms with Crippen LogP contribution in [0.15, 0.2) is 47.8 Å². The van der Waals surface area contributed by atoms with Crippen molar-refractivity contribution >= 4 is 38.4 Å². The van der Waals surface area contributed by atoms with Crippen LogP contribution in [0.3, 0.4) is 0 Å². The van der Waals surface area contributed by atoms with Gasteiger partial charge in [0.1, 0.15) is 28.3 Å². The lowest BCUT2D eigenvalue weighted by Gasteiger charge is -2.17. The molecular formula is C19H12ClF3N6O2S. The minimum Gasteiger partial charge on any atom is -0.290 e. The van der Waals surface area contributed by atoms with E-state index in [2.05, 4.69) is 21.0 Å². The topological polar surface area (TPSA) is 114 Å². The van der Waals surface area contributed by atoms with E-state index in [1.165, 1.54) is 10.9 Å². The van der Waals surface area contributed by atoms with Crippen LogP contribution in [0.25, 0.3) is 28.2 Å². The largest absolute Gasteiger partial charge is 0.404 e. The predicted octanol–water partition coefficient (Wildman–Crippen LogP) is 3.66. The summed E-state index contributed by atoms with van der Waals surface area (Å²) in [6, 6.07) is 1.33. The van der Waals surface area contributed by atoms with Gasteiger partial charge in [0.2, 0.25) is 10.0 Å². The van der Waals surface area contributed by atoms with Gasteiger partial charge >= 0.3 is 6.18 Å². The molecule has 8 nitrogen and oxygen atoms in total. The van der Waals surface area contributed by atoms with Crippen LogP contribution in [0.1, 0.15) is 12.5 Å². The Bertz CT molecular complexity index is 1440. The van der Waals surface area contributed by atoms with Crippen LogP contribution in [0, 0.1) is 11.3 Å². The summed E-state index contributed by atoms with van der Waals surface area (Å²) in [5.74, 6) is -0.0142. The van der Waals surface area contributed by atoms with E-state index < -0.39 is 27.1 Å². The van der Waals surface area contributed by atoms with Crippen LogP contribution in [0.5, 0.6) is 0 Å². The molecule has 13 heteroatoms. The average Bonchev–Trinajstić information content (AvgIpc) is 2.99. The van der Waals surface area contributed by atoms with Gasteiger partial charge < -0.3 is 0 Å². The highest BCUT2D eigenvalue weighted by atomic mass is 35.5. The third-order valence-corrected chi connectivity index (χ3v) is 6.35. The molecular weight excluding hydrogens is 469 g/mol. The molecule has 0 unspecified atom stereocenters. The fourth-order valence-corrected chi connectivity index (χ4v) is 4.27. The molecule has 1 N–H and O–H groups in total. The highest BCUT2D eigenvalue weighted by Crippen LogP contribution is 2.36. The van der Waals surface area contributed by atoms with E-state index in [0.29, 0.717) is 28.7 Å². The van der Waals surface area contributed by atoms with Crippen molar-refractivity contribution in [1.29, 1.82) is 5.26 Å². The van der Waals surface area contributed by atoms with E-state index in [1.807, 2.05) is 0 Å². The summed E-state index contributed by atoms with van der Waals surface area (Å²) < 4.78 is 65.9. The first-order valence-corrected chi connectivity index (χ1v) is 10.8. The average molecular weight is 481 g/mol. The van der Waals surface area contributed by atoms with Gasteiger partial charge in [-0.3, -0.25) is 4.57 Å². The lowest BCUT2D eigenvalue weighted by atomic mass is 10.1. The summed E-state index contributed by atoms with van der Waals surface area (Å²) in [6.45, 7) is 0.683. The van der Waals surface area contributed by atoms with Gasteiger partial charge in [-0.15, -0.1) is 0 Å². The van der Waals surface area contributed by atoms with Crippen LogP contribution >= 0.6 is 11.6 Å². The number of fused-ring (bicyclic) bond motifs is 1. The number of rotatable bonds is 5. The molecule has 1 atom stereocenters. The summed E-state index contributed by atoms with van der Waals surface area (Å²) in [4.78, 5) is 11.8. The quantitative estimate of drug-likeness (QED) is 0.596. The molecule has 3 aromatic rings. The molecule has 0 aromatic carbocycles. The lowest BCUT2D eigenvalue weighted by Crippen LogP contribution is -2.43. The lowest BCUT2D eigenvalue weighted by molar-refractivity contribution is -0.147. The number of aromatic nitrogens is 4. The Labute approximate surface area is 184 Å². The monoisotopic (exact) mass is 480 g/mol. The summed E-state index contributed by atoms with van der Waals surface area (Å²) in [6.07, 6.45) is 3.72.